The van der Waals surface area contributed by atoms with Crippen LogP contribution in [0, 0.1) is 0 Å². The van der Waals surface area contributed by atoms with Gasteiger partial charge in [-0.3, -0.25) is 29.0 Å². The predicted octanol–water partition coefficient (Wildman–Crippen LogP) is 4.81. The highest BCUT2D eigenvalue weighted by molar-refractivity contribution is 6.28. The van der Waals surface area contributed by atoms with E-state index in [-0.39, 0.29) is 13.1 Å². The van der Waals surface area contributed by atoms with Crippen molar-refractivity contribution in [3.8, 4) is 0 Å². The molecule has 2 heterocycles. The maximum atomic E-state index is 13.4. The van der Waals surface area contributed by atoms with Gasteiger partial charge in [0, 0.05) is 46.1 Å². The average molecular weight is 525 g/mol. The first-order valence-electron chi connectivity index (χ1n) is 13.2. The Bertz CT molecular complexity index is 1480. The first kappa shape index (κ1) is 27.6. The Morgan fingerprint density at radius 2 is 0.846 bits per heavy atom. The van der Waals surface area contributed by atoms with Crippen LogP contribution in [-0.4, -0.2) is 40.1 Å². The third kappa shape index (κ3) is 4.18. The van der Waals surface area contributed by atoms with Crippen LogP contribution in [0.2, 0.25) is 0 Å². The monoisotopic (exact) mass is 524 g/mol. The Labute approximate surface area is 227 Å². The maximum Gasteiger partial charge on any atom is 0.262 e. The molecule has 0 fully saturated rings. The second-order valence-electron chi connectivity index (χ2n) is 8.63. The second kappa shape index (κ2) is 11.1. The summed E-state index contributed by atoms with van der Waals surface area (Å²) in [6.45, 7) is 8.04. The van der Waals surface area contributed by atoms with Crippen LogP contribution in [0.15, 0.2) is 60.7 Å². The van der Waals surface area contributed by atoms with Gasteiger partial charge in [-0.15, -0.1) is 0 Å². The minimum absolute atomic E-state index is 0.264. The van der Waals surface area contributed by atoms with Crippen molar-refractivity contribution >= 4 is 45.2 Å². The molecule has 4 aromatic rings. The van der Waals surface area contributed by atoms with E-state index < -0.39 is 30.3 Å². The second-order valence-corrected chi connectivity index (χ2v) is 8.63. The van der Waals surface area contributed by atoms with Gasteiger partial charge in [-0.25, -0.2) is 0 Å². The molecule has 0 bridgehead atoms. The molecule has 0 aliphatic carbocycles. The first-order valence-corrected chi connectivity index (χ1v) is 13.2. The van der Waals surface area contributed by atoms with Crippen LogP contribution >= 0.6 is 0 Å². The molecule has 2 aliphatic heterocycles. The van der Waals surface area contributed by atoms with Crippen molar-refractivity contribution < 1.29 is 19.2 Å². The first-order chi connectivity index (χ1) is 19.0. The lowest BCUT2D eigenvalue weighted by Crippen LogP contribution is -2.52. The van der Waals surface area contributed by atoms with Gasteiger partial charge >= 0.3 is 0 Å². The van der Waals surface area contributed by atoms with E-state index >= 15 is 0 Å². The van der Waals surface area contributed by atoms with Crippen LogP contribution in [0.1, 0.15) is 80.3 Å². The highest BCUT2D eigenvalue weighted by Crippen LogP contribution is 2.35. The Balaban J connectivity index is 0.000000845. The molecule has 4 aromatic carbocycles. The third-order valence-corrected chi connectivity index (χ3v) is 6.89. The van der Waals surface area contributed by atoms with E-state index in [0.717, 1.165) is 31.7 Å². The fourth-order valence-corrected chi connectivity index (χ4v) is 5.17. The lowest BCUT2D eigenvalue weighted by Gasteiger charge is -2.34. The van der Waals surface area contributed by atoms with Gasteiger partial charge in [-0.2, -0.15) is 0 Å². The van der Waals surface area contributed by atoms with Crippen molar-refractivity contribution in [3.05, 3.63) is 94.0 Å². The van der Waals surface area contributed by atoms with Gasteiger partial charge < -0.3 is 11.5 Å². The molecule has 0 saturated carbocycles. The third-order valence-electron chi connectivity index (χ3n) is 6.89. The molecule has 6 rings (SSSR count). The number of nitrogens with zero attached hydrogens (tertiary/aromatic N) is 2. The summed E-state index contributed by atoms with van der Waals surface area (Å²) in [5, 5.41) is 2.57. The Hall–Kier alpha value is -4.40. The van der Waals surface area contributed by atoms with E-state index in [2.05, 4.69) is 0 Å². The van der Waals surface area contributed by atoms with E-state index in [0.29, 0.717) is 33.0 Å². The van der Waals surface area contributed by atoms with Crippen LogP contribution in [-0.2, 0) is 13.1 Å². The van der Waals surface area contributed by atoms with E-state index in [4.69, 9.17) is 11.5 Å². The van der Waals surface area contributed by atoms with Crippen LogP contribution in [0.5, 0.6) is 0 Å². The normalized spacial score (nSPS) is 13.8. The van der Waals surface area contributed by atoms with E-state index in [1.807, 2.05) is 39.8 Å². The summed E-state index contributed by atoms with van der Waals surface area (Å²) in [7, 11) is 0. The van der Waals surface area contributed by atoms with Crippen molar-refractivity contribution in [1.82, 2.24) is 9.80 Å². The van der Waals surface area contributed by atoms with Crippen molar-refractivity contribution in [3.63, 3.8) is 0 Å². The molecule has 0 aromatic heterocycles. The minimum Gasteiger partial charge on any atom is -0.326 e. The number of hydrogen-bond donors (Lipinski definition) is 2. The van der Waals surface area contributed by atoms with Crippen molar-refractivity contribution in [2.24, 2.45) is 11.5 Å². The molecule has 200 valence electrons. The molecular weight excluding hydrogens is 492 g/mol. The molecule has 8 heteroatoms. The fraction of sp³-hybridized carbons (Fsp3) is 0.226. The number of rotatable bonds is 4. The molecule has 0 atom stereocenters. The van der Waals surface area contributed by atoms with Gasteiger partial charge in [0.25, 0.3) is 23.6 Å². The zero-order valence-corrected chi connectivity index (χ0v) is 22.6. The van der Waals surface area contributed by atoms with Crippen LogP contribution in [0.4, 0.5) is 0 Å². The van der Waals surface area contributed by atoms with Crippen molar-refractivity contribution in [1.29, 1.82) is 0 Å². The number of carbonyl (C=O) groups excluding carboxylic acids is 4. The molecular formula is C31H32N4O4. The topological polar surface area (TPSA) is 127 Å². The molecule has 2 aliphatic rings. The van der Waals surface area contributed by atoms with Gasteiger partial charge in [0.05, 0.1) is 0 Å². The number of nitrogens with two attached hydrogens (primary N) is 2. The molecule has 39 heavy (non-hydrogen) atoms. The zero-order valence-electron chi connectivity index (χ0n) is 22.6. The Morgan fingerprint density at radius 1 is 0.513 bits per heavy atom. The summed E-state index contributed by atoms with van der Waals surface area (Å²) >= 11 is 0. The largest absolute Gasteiger partial charge is 0.326 e. The molecule has 0 saturated heterocycles. The van der Waals surface area contributed by atoms with Crippen LogP contribution < -0.4 is 11.5 Å². The van der Waals surface area contributed by atoms with Crippen LogP contribution in [0.25, 0.3) is 21.5 Å². The van der Waals surface area contributed by atoms with Gasteiger partial charge in [0.2, 0.25) is 0 Å². The van der Waals surface area contributed by atoms with E-state index in [1.165, 1.54) is 0 Å². The van der Waals surface area contributed by atoms with Gasteiger partial charge in [-0.1, -0.05) is 64.1 Å². The quantitative estimate of drug-likeness (QED) is 0.369. The highest BCUT2D eigenvalue weighted by Gasteiger charge is 2.39. The van der Waals surface area contributed by atoms with E-state index in [9.17, 15) is 19.2 Å². The van der Waals surface area contributed by atoms with Gasteiger partial charge in [-0.05, 0) is 46.2 Å². The summed E-state index contributed by atoms with van der Waals surface area (Å²) in [5.41, 5.74) is 14.7. The van der Waals surface area contributed by atoms with Gasteiger partial charge in [0.1, 0.15) is 6.67 Å². The summed E-state index contributed by atoms with van der Waals surface area (Å²) in [6, 6.07) is 17.2. The number of carbonyl (C=O) groups is 4. The zero-order chi connectivity index (χ0) is 28.4. The SMILES string of the molecule is CC.CC.NCc1ccc2c3c(cccc13)C(=O)N(CN1C(=O)c3cccc4c(CN)ccc(c34)C1=O)C2=O. The summed E-state index contributed by atoms with van der Waals surface area (Å²) in [5.74, 6) is -2.26. The highest BCUT2D eigenvalue weighted by atomic mass is 16.2. The standard InChI is InChI=1S/C27H20N4O4.2C2H6/c28-11-14-7-9-20-22-16(14)3-1-5-18(22)24(32)30(26(20)34)13-31-25(33)19-6-2-4-17-15(12-29)8-10-21(23(17)19)27(31)35;2*1-2/h1-10H,11-13,28-29H2;2*1-2H3. The lowest BCUT2D eigenvalue weighted by atomic mass is 9.90. The van der Waals surface area contributed by atoms with Gasteiger partial charge in [0.15, 0.2) is 0 Å². The summed E-state index contributed by atoms with van der Waals surface area (Å²) in [6.07, 6.45) is 0. The summed E-state index contributed by atoms with van der Waals surface area (Å²) in [4.78, 5) is 55.6. The van der Waals surface area contributed by atoms with Crippen LogP contribution in [0.3, 0.4) is 0 Å². The predicted molar refractivity (Wildman–Crippen MR) is 152 cm³/mol. The Morgan fingerprint density at radius 3 is 1.18 bits per heavy atom. The van der Waals surface area contributed by atoms with E-state index in [1.54, 1.807) is 48.5 Å². The molecule has 0 radical (unpaired) electrons. The van der Waals surface area contributed by atoms with Crippen molar-refractivity contribution in [2.75, 3.05) is 6.67 Å². The number of benzene rings is 4. The number of hydrogen-bond acceptors (Lipinski definition) is 6. The maximum absolute atomic E-state index is 13.4. The number of imide groups is 2. The summed E-state index contributed by atoms with van der Waals surface area (Å²) < 4.78 is 0. The molecule has 0 unspecified atom stereocenters. The fourth-order valence-electron chi connectivity index (χ4n) is 5.17. The Kier molecular flexibility index (Phi) is 7.90. The molecule has 4 N–H and O–H groups in total. The molecule has 0 spiro atoms. The molecule has 4 amide bonds. The van der Waals surface area contributed by atoms with Crippen molar-refractivity contribution in [2.45, 2.75) is 40.8 Å². The smallest absolute Gasteiger partial charge is 0.262 e. The lowest BCUT2D eigenvalue weighted by molar-refractivity contribution is 0.0420. The minimum atomic E-state index is -0.564. The molecule has 8 nitrogen and oxygen atoms in total. The number of amides is 4. The average Bonchev–Trinajstić information content (AvgIpc) is 2.99.